The molecule has 1 heterocycles. The van der Waals surface area contributed by atoms with Crippen molar-refractivity contribution in [1.82, 2.24) is 4.98 Å². The van der Waals surface area contributed by atoms with Crippen LogP contribution in [0.25, 0.3) is 0 Å². The van der Waals surface area contributed by atoms with E-state index in [2.05, 4.69) is 18.8 Å². The molecule has 0 aliphatic rings. The Kier molecular flexibility index (Phi) is 4.01. The van der Waals surface area contributed by atoms with Crippen LogP contribution in [0.15, 0.2) is 18.3 Å². The van der Waals surface area contributed by atoms with E-state index >= 15 is 0 Å². The molecule has 2 heteroatoms. The van der Waals surface area contributed by atoms with Gasteiger partial charge < -0.3 is 0 Å². The number of ketones is 1. The summed E-state index contributed by atoms with van der Waals surface area (Å²) in [5.41, 5.74) is 1.80. The molecule has 0 aliphatic heterocycles. The zero-order chi connectivity index (χ0) is 11.4. The number of pyridine rings is 1. The lowest BCUT2D eigenvalue weighted by atomic mass is 9.99. The van der Waals surface area contributed by atoms with Crippen molar-refractivity contribution in [3.8, 4) is 0 Å². The van der Waals surface area contributed by atoms with Gasteiger partial charge in [0, 0.05) is 23.4 Å². The fraction of sp³-hybridized carbons (Fsp3) is 0.538. The van der Waals surface area contributed by atoms with E-state index in [9.17, 15) is 4.79 Å². The van der Waals surface area contributed by atoms with Gasteiger partial charge in [-0.25, -0.2) is 0 Å². The lowest BCUT2D eigenvalue weighted by Gasteiger charge is -2.07. The van der Waals surface area contributed by atoms with Gasteiger partial charge in [-0.1, -0.05) is 27.7 Å². The largest absolute Gasteiger partial charge is 0.294 e. The number of carbonyl (C=O) groups excluding carboxylic acids is 1. The quantitative estimate of drug-likeness (QED) is 0.707. The van der Waals surface area contributed by atoms with Crippen LogP contribution in [0, 0.1) is 11.8 Å². The molecule has 1 aromatic heterocycles. The van der Waals surface area contributed by atoms with Crippen LogP contribution in [0.1, 0.15) is 43.7 Å². The molecule has 0 fully saturated rings. The van der Waals surface area contributed by atoms with Crippen molar-refractivity contribution in [2.45, 2.75) is 34.1 Å². The summed E-state index contributed by atoms with van der Waals surface area (Å²) in [6.45, 7) is 8.15. The summed E-state index contributed by atoms with van der Waals surface area (Å²) in [6, 6.07) is 3.72. The molecular weight excluding hydrogens is 186 g/mol. The van der Waals surface area contributed by atoms with E-state index in [0.29, 0.717) is 5.92 Å². The second-order valence-corrected chi connectivity index (χ2v) is 4.65. The number of rotatable bonds is 4. The average Bonchev–Trinajstić information content (AvgIpc) is 2.16. The van der Waals surface area contributed by atoms with Crippen LogP contribution >= 0.6 is 0 Å². The molecule has 0 aliphatic carbocycles. The van der Waals surface area contributed by atoms with E-state index < -0.39 is 0 Å². The predicted molar refractivity (Wildman–Crippen MR) is 61.9 cm³/mol. The van der Waals surface area contributed by atoms with Crippen LogP contribution in [0.5, 0.6) is 0 Å². The summed E-state index contributed by atoms with van der Waals surface area (Å²) < 4.78 is 0. The molecule has 0 radical (unpaired) electrons. The normalized spacial score (nSPS) is 11.1. The van der Waals surface area contributed by atoms with Crippen LogP contribution in [-0.4, -0.2) is 10.8 Å². The fourth-order valence-corrected chi connectivity index (χ4v) is 1.49. The summed E-state index contributed by atoms with van der Waals surface area (Å²) in [4.78, 5) is 16.0. The van der Waals surface area contributed by atoms with Gasteiger partial charge in [-0.3, -0.25) is 9.78 Å². The molecule has 15 heavy (non-hydrogen) atoms. The Bertz CT molecular complexity index is 342. The SMILES string of the molecule is CC(C)Cc1cc(C(=O)C(C)C)ccn1. The van der Waals surface area contributed by atoms with Crippen molar-refractivity contribution >= 4 is 5.78 Å². The summed E-state index contributed by atoms with van der Waals surface area (Å²) in [7, 11) is 0. The zero-order valence-electron chi connectivity index (χ0n) is 9.95. The average molecular weight is 205 g/mol. The third-order valence-corrected chi connectivity index (χ3v) is 2.24. The van der Waals surface area contributed by atoms with E-state index in [1.165, 1.54) is 0 Å². The molecule has 0 saturated heterocycles. The number of hydrogen-bond donors (Lipinski definition) is 0. The Morgan fingerprint density at radius 3 is 2.53 bits per heavy atom. The van der Waals surface area contributed by atoms with Gasteiger partial charge >= 0.3 is 0 Å². The topological polar surface area (TPSA) is 30.0 Å². The van der Waals surface area contributed by atoms with Gasteiger partial charge in [-0.05, 0) is 24.5 Å². The minimum atomic E-state index is 0.0549. The molecule has 0 unspecified atom stereocenters. The molecule has 0 aromatic carbocycles. The van der Waals surface area contributed by atoms with Gasteiger partial charge in [-0.15, -0.1) is 0 Å². The summed E-state index contributed by atoms with van der Waals surface area (Å²) >= 11 is 0. The molecule has 0 atom stereocenters. The summed E-state index contributed by atoms with van der Waals surface area (Å²) in [5.74, 6) is 0.823. The lowest BCUT2D eigenvalue weighted by molar-refractivity contribution is 0.0939. The zero-order valence-corrected chi connectivity index (χ0v) is 9.95. The first-order valence-electron chi connectivity index (χ1n) is 5.50. The molecule has 1 rings (SSSR count). The third kappa shape index (κ3) is 3.46. The van der Waals surface area contributed by atoms with Crippen molar-refractivity contribution < 1.29 is 4.79 Å². The second-order valence-electron chi connectivity index (χ2n) is 4.65. The van der Waals surface area contributed by atoms with E-state index in [1.54, 1.807) is 12.3 Å². The lowest BCUT2D eigenvalue weighted by Crippen LogP contribution is -2.08. The molecule has 82 valence electrons. The van der Waals surface area contributed by atoms with Crippen molar-refractivity contribution in [3.63, 3.8) is 0 Å². The Labute approximate surface area is 91.7 Å². The number of Topliss-reactive ketones (excluding diaryl/α,β-unsaturated/α-hetero) is 1. The van der Waals surface area contributed by atoms with Crippen molar-refractivity contribution in [3.05, 3.63) is 29.6 Å². The Balaban J connectivity index is 2.87. The van der Waals surface area contributed by atoms with E-state index in [1.807, 2.05) is 19.9 Å². The first-order valence-corrected chi connectivity index (χ1v) is 5.50. The van der Waals surface area contributed by atoms with Crippen molar-refractivity contribution in [2.75, 3.05) is 0 Å². The standard InChI is InChI=1S/C13H19NO/c1-9(2)7-12-8-11(5-6-14-12)13(15)10(3)4/h5-6,8-10H,7H2,1-4H3. The maximum atomic E-state index is 11.8. The molecular formula is C13H19NO. The van der Waals surface area contributed by atoms with Gasteiger partial charge in [0.25, 0.3) is 0 Å². The van der Waals surface area contributed by atoms with Gasteiger partial charge in [0.05, 0.1) is 0 Å². The maximum Gasteiger partial charge on any atom is 0.165 e. The highest BCUT2D eigenvalue weighted by molar-refractivity contribution is 5.97. The first kappa shape index (κ1) is 11.9. The van der Waals surface area contributed by atoms with Crippen LogP contribution in [-0.2, 0) is 6.42 Å². The summed E-state index contributed by atoms with van der Waals surface area (Å²) in [6.07, 6.45) is 2.66. The molecule has 2 nitrogen and oxygen atoms in total. The molecule has 0 bridgehead atoms. The molecule has 1 aromatic rings. The molecule has 0 saturated carbocycles. The van der Waals surface area contributed by atoms with Gasteiger partial charge in [0.2, 0.25) is 0 Å². The molecule has 0 spiro atoms. The Hall–Kier alpha value is -1.18. The van der Waals surface area contributed by atoms with Crippen LogP contribution in [0.4, 0.5) is 0 Å². The fourth-order valence-electron chi connectivity index (χ4n) is 1.49. The first-order chi connectivity index (χ1) is 7.00. The number of nitrogens with zero attached hydrogens (tertiary/aromatic N) is 1. The van der Waals surface area contributed by atoms with Crippen LogP contribution in [0.2, 0.25) is 0 Å². The monoisotopic (exact) mass is 205 g/mol. The number of hydrogen-bond acceptors (Lipinski definition) is 2. The highest BCUT2D eigenvalue weighted by atomic mass is 16.1. The molecule has 0 N–H and O–H groups in total. The van der Waals surface area contributed by atoms with Crippen molar-refractivity contribution in [1.29, 1.82) is 0 Å². The smallest absolute Gasteiger partial charge is 0.165 e. The highest BCUT2D eigenvalue weighted by Crippen LogP contribution is 2.11. The predicted octanol–water partition coefficient (Wildman–Crippen LogP) is 3.12. The second kappa shape index (κ2) is 5.06. The van der Waals surface area contributed by atoms with E-state index in [4.69, 9.17) is 0 Å². The van der Waals surface area contributed by atoms with Gasteiger partial charge in [0.15, 0.2) is 5.78 Å². The van der Waals surface area contributed by atoms with E-state index in [-0.39, 0.29) is 11.7 Å². The van der Waals surface area contributed by atoms with Gasteiger partial charge in [0.1, 0.15) is 0 Å². The number of aromatic nitrogens is 1. The maximum absolute atomic E-state index is 11.8. The van der Waals surface area contributed by atoms with Crippen molar-refractivity contribution in [2.24, 2.45) is 11.8 Å². The number of carbonyl (C=O) groups is 1. The summed E-state index contributed by atoms with van der Waals surface area (Å²) in [5, 5.41) is 0. The highest BCUT2D eigenvalue weighted by Gasteiger charge is 2.11. The minimum absolute atomic E-state index is 0.0549. The van der Waals surface area contributed by atoms with Crippen LogP contribution in [0.3, 0.4) is 0 Å². The van der Waals surface area contributed by atoms with E-state index in [0.717, 1.165) is 17.7 Å². The van der Waals surface area contributed by atoms with Crippen LogP contribution < -0.4 is 0 Å². The van der Waals surface area contributed by atoms with Gasteiger partial charge in [-0.2, -0.15) is 0 Å². The third-order valence-electron chi connectivity index (χ3n) is 2.24. The Morgan fingerprint density at radius 2 is 2.00 bits per heavy atom. The molecule has 0 amide bonds. The Morgan fingerprint density at radius 1 is 1.33 bits per heavy atom. The minimum Gasteiger partial charge on any atom is -0.294 e.